The Morgan fingerprint density at radius 3 is 2.90 bits per heavy atom. The standard InChI is InChI=1S/C23H18FN7/c24-15-7-6-14-10-16(20(30-18(14)11-15)17-4-1-2-8-25-17)19-5-3-9-31(19)23-21-22(27-12-26-21)28-13-29-23/h1-2,4,6-8,10-13,19H,3,5,9H2,(H,26,27,28,29)/t19-/m1/s1. The van der Waals surface area contributed by atoms with Gasteiger partial charge in [0.15, 0.2) is 11.5 Å². The molecule has 6 rings (SSSR count). The maximum Gasteiger partial charge on any atom is 0.182 e. The van der Waals surface area contributed by atoms with Crippen molar-refractivity contribution in [2.75, 3.05) is 11.4 Å². The second kappa shape index (κ2) is 7.09. The summed E-state index contributed by atoms with van der Waals surface area (Å²) in [5.74, 6) is 0.529. The van der Waals surface area contributed by atoms with Crippen molar-refractivity contribution in [3.63, 3.8) is 0 Å². The van der Waals surface area contributed by atoms with Crippen molar-refractivity contribution < 1.29 is 4.39 Å². The summed E-state index contributed by atoms with van der Waals surface area (Å²) < 4.78 is 13.9. The summed E-state index contributed by atoms with van der Waals surface area (Å²) in [5, 5.41) is 0.900. The first kappa shape index (κ1) is 17.9. The van der Waals surface area contributed by atoms with Crippen LogP contribution in [-0.4, -0.2) is 36.4 Å². The summed E-state index contributed by atoms with van der Waals surface area (Å²) in [6.45, 7) is 0.860. The maximum absolute atomic E-state index is 13.9. The lowest BCUT2D eigenvalue weighted by atomic mass is 9.98. The van der Waals surface area contributed by atoms with Crippen LogP contribution in [0.3, 0.4) is 0 Å². The maximum atomic E-state index is 13.9. The van der Waals surface area contributed by atoms with E-state index in [1.165, 1.54) is 12.1 Å². The fourth-order valence-corrected chi connectivity index (χ4v) is 4.43. The molecule has 0 bridgehead atoms. The first-order valence-electron chi connectivity index (χ1n) is 10.2. The Labute approximate surface area is 177 Å². The Hall–Kier alpha value is -3.94. The number of halogens is 1. The van der Waals surface area contributed by atoms with Gasteiger partial charge < -0.3 is 9.88 Å². The predicted molar refractivity (Wildman–Crippen MR) is 116 cm³/mol. The molecule has 1 N–H and O–H groups in total. The van der Waals surface area contributed by atoms with Gasteiger partial charge in [-0.15, -0.1) is 0 Å². The molecule has 0 saturated carbocycles. The number of hydrogen-bond donors (Lipinski definition) is 1. The van der Waals surface area contributed by atoms with E-state index in [1.807, 2.05) is 18.2 Å². The smallest absolute Gasteiger partial charge is 0.182 e. The number of nitrogens with zero attached hydrogens (tertiary/aromatic N) is 6. The number of imidazole rings is 1. The van der Waals surface area contributed by atoms with Gasteiger partial charge in [0.05, 0.1) is 29.3 Å². The van der Waals surface area contributed by atoms with Crippen molar-refractivity contribution in [2.24, 2.45) is 0 Å². The minimum atomic E-state index is -0.301. The predicted octanol–water partition coefficient (Wildman–Crippen LogP) is 4.44. The molecule has 0 unspecified atom stereocenters. The molecule has 1 aliphatic heterocycles. The third-order valence-electron chi connectivity index (χ3n) is 5.80. The summed E-state index contributed by atoms with van der Waals surface area (Å²) in [6.07, 6.45) is 6.91. The number of nitrogens with one attached hydrogen (secondary N) is 1. The fourth-order valence-electron chi connectivity index (χ4n) is 4.43. The van der Waals surface area contributed by atoms with Crippen molar-refractivity contribution in [1.82, 2.24) is 29.9 Å². The Bertz CT molecular complexity index is 1400. The highest BCUT2D eigenvalue weighted by atomic mass is 19.1. The van der Waals surface area contributed by atoms with E-state index in [0.29, 0.717) is 11.2 Å². The van der Waals surface area contributed by atoms with Crippen molar-refractivity contribution >= 4 is 27.9 Å². The van der Waals surface area contributed by atoms with Gasteiger partial charge in [-0.2, -0.15) is 0 Å². The van der Waals surface area contributed by atoms with Crippen LogP contribution in [0.2, 0.25) is 0 Å². The molecule has 5 heterocycles. The summed E-state index contributed by atoms with van der Waals surface area (Å²) in [4.78, 5) is 27.9. The summed E-state index contributed by atoms with van der Waals surface area (Å²) >= 11 is 0. The molecule has 1 fully saturated rings. The molecule has 0 amide bonds. The van der Waals surface area contributed by atoms with Gasteiger partial charge in [-0.25, -0.2) is 24.3 Å². The summed E-state index contributed by atoms with van der Waals surface area (Å²) in [5.41, 5.74) is 4.68. The molecule has 0 aliphatic carbocycles. The van der Waals surface area contributed by atoms with E-state index in [2.05, 4.69) is 35.9 Å². The molecule has 1 atom stereocenters. The average Bonchev–Trinajstić information content (AvgIpc) is 3.48. The molecule has 152 valence electrons. The minimum absolute atomic E-state index is 0.0559. The molecule has 4 aromatic heterocycles. The van der Waals surface area contributed by atoms with E-state index in [1.54, 1.807) is 24.9 Å². The van der Waals surface area contributed by atoms with Gasteiger partial charge in [0.1, 0.15) is 17.7 Å². The first-order valence-corrected chi connectivity index (χ1v) is 10.2. The molecule has 1 aromatic carbocycles. The molecule has 0 radical (unpaired) electrons. The number of rotatable bonds is 3. The second-order valence-corrected chi connectivity index (χ2v) is 7.63. The number of anilines is 1. The van der Waals surface area contributed by atoms with Gasteiger partial charge in [-0.1, -0.05) is 6.07 Å². The van der Waals surface area contributed by atoms with Gasteiger partial charge in [0.25, 0.3) is 0 Å². The Morgan fingerprint density at radius 1 is 1.03 bits per heavy atom. The van der Waals surface area contributed by atoms with Crippen molar-refractivity contribution in [1.29, 1.82) is 0 Å². The highest BCUT2D eigenvalue weighted by Crippen LogP contribution is 2.41. The number of hydrogen-bond acceptors (Lipinski definition) is 6. The SMILES string of the molecule is Fc1ccc2cc([C@H]3CCCN3c3ncnc4nc[nH]c34)c(-c3ccccn3)nc2c1. The fraction of sp³-hybridized carbons (Fsp3) is 0.174. The number of pyridine rings is 2. The second-order valence-electron chi connectivity index (χ2n) is 7.63. The van der Waals surface area contributed by atoms with E-state index in [0.717, 1.165) is 53.1 Å². The zero-order valence-corrected chi connectivity index (χ0v) is 16.5. The molecule has 7 nitrogen and oxygen atoms in total. The number of fused-ring (bicyclic) bond motifs is 2. The molecule has 31 heavy (non-hydrogen) atoms. The topological polar surface area (TPSA) is 83.5 Å². The van der Waals surface area contributed by atoms with Crippen LogP contribution >= 0.6 is 0 Å². The van der Waals surface area contributed by atoms with Crippen LogP contribution in [0.15, 0.2) is 61.3 Å². The van der Waals surface area contributed by atoms with Crippen LogP contribution in [0, 0.1) is 5.82 Å². The third-order valence-corrected chi connectivity index (χ3v) is 5.80. The number of benzene rings is 1. The molecule has 1 saturated heterocycles. The molecule has 0 spiro atoms. The zero-order chi connectivity index (χ0) is 20.8. The van der Waals surface area contributed by atoms with Crippen molar-refractivity contribution in [3.05, 3.63) is 72.7 Å². The van der Waals surface area contributed by atoms with E-state index < -0.39 is 0 Å². The largest absolute Gasteiger partial charge is 0.348 e. The van der Waals surface area contributed by atoms with E-state index in [9.17, 15) is 4.39 Å². The average molecular weight is 411 g/mol. The van der Waals surface area contributed by atoms with Gasteiger partial charge in [-0.05, 0) is 43.2 Å². The quantitative estimate of drug-likeness (QED) is 0.472. The Kier molecular flexibility index (Phi) is 4.09. The van der Waals surface area contributed by atoms with Crippen LogP contribution in [0.5, 0.6) is 0 Å². The highest BCUT2D eigenvalue weighted by Gasteiger charge is 2.32. The van der Waals surface area contributed by atoms with Crippen LogP contribution in [0.25, 0.3) is 33.5 Å². The molecular weight excluding hydrogens is 393 g/mol. The molecule has 1 aliphatic rings. The van der Waals surface area contributed by atoms with Gasteiger partial charge in [0, 0.05) is 29.8 Å². The molecular formula is C23H18FN7. The van der Waals surface area contributed by atoms with Crippen LogP contribution < -0.4 is 4.90 Å². The number of aromatic nitrogens is 6. The highest BCUT2D eigenvalue weighted by molar-refractivity contribution is 5.85. The van der Waals surface area contributed by atoms with Crippen LogP contribution in [-0.2, 0) is 0 Å². The summed E-state index contributed by atoms with van der Waals surface area (Å²) in [7, 11) is 0. The Balaban J connectivity index is 1.55. The molecule has 8 heteroatoms. The van der Waals surface area contributed by atoms with Crippen LogP contribution in [0.1, 0.15) is 24.4 Å². The van der Waals surface area contributed by atoms with E-state index in [4.69, 9.17) is 4.98 Å². The number of H-pyrrole nitrogens is 1. The van der Waals surface area contributed by atoms with Gasteiger partial charge >= 0.3 is 0 Å². The first-order chi connectivity index (χ1) is 15.3. The van der Waals surface area contributed by atoms with Crippen LogP contribution in [0.4, 0.5) is 10.2 Å². The number of aromatic amines is 1. The monoisotopic (exact) mass is 411 g/mol. The minimum Gasteiger partial charge on any atom is -0.348 e. The van der Waals surface area contributed by atoms with E-state index >= 15 is 0 Å². The lowest BCUT2D eigenvalue weighted by Crippen LogP contribution is -2.24. The lowest BCUT2D eigenvalue weighted by molar-refractivity contribution is 0.629. The van der Waals surface area contributed by atoms with Gasteiger partial charge in [-0.3, -0.25) is 4.98 Å². The lowest BCUT2D eigenvalue weighted by Gasteiger charge is -2.27. The summed E-state index contributed by atoms with van der Waals surface area (Å²) in [6, 6.07) is 12.6. The van der Waals surface area contributed by atoms with Crippen molar-refractivity contribution in [3.8, 4) is 11.4 Å². The normalized spacial score (nSPS) is 16.4. The van der Waals surface area contributed by atoms with E-state index in [-0.39, 0.29) is 11.9 Å². The van der Waals surface area contributed by atoms with Gasteiger partial charge in [0.2, 0.25) is 0 Å². The molecule has 5 aromatic rings. The third kappa shape index (κ3) is 2.99. The van der Waals surface area contributed by atoms with Crippen molar-refractivity contribution in [2.45, 2.75) is 18.9 Å². The zero-order valence-electron chi connectivity index (χ0n) is 16.5. The Morgan fingerprint density at radius 2 is 2.00 bits per heavy atom.